The number of fused-ring (bicyclic) bond motifs is 1. The van der Waals surface area contributed by atoms with Crippen LogP contribution in [0.4, 0.5) is 0 Å². The van der Waals surface area contributed by atoms with Crippen LogP contribution in [0.15, 0.2) is 29.1 Å². The summed E-state index contributed by atoms with van der Waals surface area (Å²) in [5.74, 6) is 0. The van der Waals surface area contributed by atoms with Crippen LogP contribution in [0, 0.1) is 12.1 Å². The molecule has 0 fully saturated rings. The van der Waals surface area contributed by atoms with Gasteiger partial charge in [-0.1, -0.05) is 12.1 Å². The lowest BCUT2D eigenvalue weighted by Gasteiger charge is -1.73. The van der Waals surface area contributed by atoms with Gasteiger partial charge in [-0.2, -0.15) is 0 Å². The average molecular weight is 116 g/mol. The minimum absolute atomic E-state index is 0.984. The molecule has 0 saturated heterocycles. The van der Waals surface area contributed by atoms with Crippen molar-refractivity contribution in [3.05, 3.63) is 36.8 Å². The zero-order valence-electron chi connectivity index (χ0n) is 4.72. The molecule has 0 N–H and O–H groups in total. The monoisotopic (exact) mass is 116 g/mol. The second kappa shape index (κ2) is 1.53. The first-order valence-electron chi connectivity index (χ1n) is 2.71. The molecule has 1 aromatic heterocycles. The lowest BCUT2D eigenvalue weighted by atomic mass is 10.3. The summed E-state index contributed by atoms with van der Waals surface area (Å²) in [6, 6.07) is 9.51. The molecule has 1 heterocycles. The molecule has 42 valence electrons. The van der Waals surface area contributed by atoms with E-state index < -0.39 is 0 Å². The maximum atomic E-state index is 4.91. The summed E-state index contributed by atoms with van der Waals surface area (Å²) in [4.78, 5) is 0. The molecular formula is C8H4O. The topological polar surface area (TPSA) is 13.1 Å². The number of hydrogen-bond acceptors (Lipinski definition) is 1. The second-order valence-corrected chi connectivity index (χ2v) is 1.84. The zero-order valence-corrected chi connectivity index (χ0v) is 4.72. The van der Waals surface area contributed by atoms with Gasteiger partial charge in [-0.3, -0.25) is 0 Å². The summed E-state index contributed by atoms with van der Waals surface area (Å²) in [6.07, 6.45) is 3.35. The van der Waals surface area contributed by atoms with Gasteiger partial charge in [-0.05, 0) is 12.1 Å². The van der Waals surface area contributed by atoms with Crippen LogP contribution in [0.5, 0.6) is 0 Å². The van der Waals surface area contributed by atoms with Crippen molar-refractivity contribution in [1.82, 2.24) is 0 Å². The van der Waals surface area contributed by atoms with Gasteiger partial charge in [0.05, 0.1) is 11.6 Å². The van der Waals surface area contributed by atoms with Crippen LogP contribution in [0.25, 0.3) is 10.8 Å². The van der Waals surface area contributed by atoms with Crippen molar-refractivity contribution >= 4 is 10.8 Å². The Morgan fingerprint density at radius 1 is 1.33 bits per heavy atom. The van der Waals surface area contributed by atoms with E-state index in [4.69, 9.17) is 4.42 Å². The molecule has 0 aliphatic rings. The second-order valence-electron chi connectivity index (χ2n) is 1.84. The summed E-state index contributed by atoms with van der Waals surface area (Å²) in [6.45, 7) is 0. The quantitative estimate of drug-likeness (QED) is 0.513. The Hall–Kier alpha value is -1.42. The van der Waals surface area contributed by atoms with Crippen molar-refractivity contribution in [3.8, 4) is 0 Å². The molecule has 0 bridgehead atoms. The highest BCUT2D eigenvalue weighted by Crippen LogP contribution is 2.09. The van der Waals surface area contributed by atoms with E-state index in [2.05, 4.69) is 12.1 Å². The van der Waals surface area contributed by atoms with Gasteiger partial charge < -0.3 is 4.42 Å². The van der Waals surface area contributed by atoms with E-state index in [1.165, 1.54) is 0 Å². The molecule has 2 aromatic rings. The molecule has 0 amide bonds. The smallest absolute Gasteiger partial charge is 0.107 e. The molecule has 0 saturated carbocycles. The largest absolute Gasteiger partial charge is 0.471 e. The molecule has 1 nitrogen and oxygen atoms in total. The Balaban J connectivity index is 2.95. The average Bonchev–Trinajstić information content (AvgIpc) is 2.33. The minimum Gasteiger partial charge on any atom is -0.471 e. The van der Waals surface area contributed by atoms with Gasteiger partial charge >= 0.3 is 0 Å². The van der Waals surface area contributed by atoms with Gasteiger partial charge in [0.2, 0.25) is 0 Å². The third-order valence-electron chi connectivity index (χ3n) is 1.24. The first-order valence-corrected chi connectivity index (χ1v) is 2.71. The van der Waals surface area contributed by atoms with E-state index in [9.17, 15) is 0 Å². The lowest BCUT2D eigenvalue weighted by molar-refractivity contribution is 0.572. The third-order valence-corrected chi connectivity index (χ3v) is 1.24. The van der Waals surface area contributed by atoms with Crippen LogP contribution in [0.3, 0.4) is 0 Å². The Morgan fingerprint density at radius 2 is 2.33 bits per heavy atom. The van der Waals surface area contributed by atoms with Crippen molar-refractivity contribution in [2.45, 2.75) is 0 Å². The fourth-order valence-corrected chi connectivity index (χ4v) is 0.788. The fourth-order valence-electron chi connectivity index (χ4n) is 0.788. The van der Waals surface area contributed by atoms with Crippen molar-refractivity contribution in [2.75, 3.05) is 0 Å². The van der Waals surface area contributed by atoms with Gasteiger partial charge in [0, 0.05) is 5.39 Å². The van der Waals surface area contributed by atoms with Gasteiger partial charge in [0.25, 0.3) is 0 Å². The number of hydrogen-bond donors (Lipinski definition) is 0. The molecule has 2 rings (SSSR count). The summed E-state index contributed by atoms with van der Waals surface area (Å²) in [5, 5.41) is 2.06. The van der Waals surface area contributed by atoms with Gasteiger partial charge in [-0.25, -0.2) is 0 Å². The van der Waals surface area contributed by atoms with Crippen LogP contribution >= 0.6 is 0 Å². The van der Waals surface area contributed by atoms with Crippen molar-refractivity contribution in [1.29, 1.82) is 0 Å². The Labute approximate surface area is 52.9 Å². The van der Waals surface area contributed by atoms with E-state index in [1.54, 1.807) is 12.5 Å². The molecule has 1 aromatic carbocycles. The number of rotatable bonds is 0. The SMILES string of the molecule is c1ccc2cocc2c#1. The highest BCUT2D eigenvalue weighted by Gasteiger charge is 1.88. The van der Waals surface area contributed by atoms with E-state index in [1.807, 2.05) is 12.1 Å². The van der Waals surface area contributed by atoms with Crippen LogP contribution in [-0.2, 0) is 0 Å². The Kier molecular flexibility index (Phi) is 0.757. The van der Waals surface area contributed by atoms with Gasteiger partial charge in [0.15, 0.2) is 0 Å². The molecule has 0 radical (unpaired) electrons. The fraction of sp³-hybridized carbons (Fsp3) is 0. The first-order chi connectivity index (χ1) is 4.47. The first kappa shape index (κ1) is 4.46. The molecule has 0 aliphatic heterocycles. The predicted molar refractivity (Wildman–Crippen MR) is 33.9 cm³/mol. The lowest BCUT2D eigenvalue weighted by Crippen LogP contribution is -1.54. The van der Waals surface area contributed by atoms with E-state index in [-0.39, 0.29) is 0 Å². The predicted octanol–water partition coefficient (Wildman–Crippen LogP) is 2.03. The standard InChI is InChI=1S/C8H4O/c1-2-4-8-6-9-5-7(8)3-1/h1,3,5-6H. The van der Waals surface area contributed by atoms with Crippen LogP contribution in [-0.4, -0.2) is 0 Å². The normalized spacial score (nSPS) is 9.33. The van der Waals surface area contributed by atoms with Crippen LogP contribution in [0.2, 0.25) is 0 Å². The molecule has 1 heteroatoms. The summed E-state index contributed by atoms with van der Waals surface area (Å²) in [7, 11) is 0. The molecular weight excluding hydrogens is 112 g/mol. The zero-order chi connectivity index (χ0) is 6.10. The van der Waals surface area contributed by atoms with Crippen molar-refractivity contribution in [2.24, 2.45) is 0 Å². The number of furan rings is 1. The minimum atomic E-state index is 0.984. The molecule has 0 aliphatic carbocycles. The van der Waals surface area contributed by atoms with E-state index in [0.717, 1.165) is 10.8 Å². The maximum Gasteiger partial charge on any atom is 0.107 e. The van der Waals surface area contributed by atoms with E-state index >= 15 is 0 Å². The van der Waals surface area contributed by atoms with Gasteiger partial charge in [-0.15, -0.1) is 0 Å². The molecule has 0 spiro atoms. The van der Waals surface area contributed by atoms with Crippen LogP contribution < -0.4 is 0 Å². The molecule has 9 heavy (non-hydrogen) atoms. The van der Waals surface area contributed by atoms with Crippen LogP contribution in [0.1, 0.15) is 0 Å². The third kappa shape index (κ3) is 0.569. The van der Waals surface area contributed by atoms with Crippen molar-refractivity contribution < 1.29 is 4.42 Å². The van der Waals surface area contributed by atoms with Gasteiger partial charge in [0.1, 0.15) is 6.26 Å². The molecule has 0 unspecified atom stereocenters. The highest BCUT2D eigenvalue weighted by molar-refractivity contribution is 5.78. The summed E-state index contributed by atoms with van der Waals surface area (Å²) < 4.78 is 4.91. The summed E-state index contributed by atoms with van der Waals surface area (Å²) in [5.41, 5.74) is 0. The Bertz CT molecular complexity index is 279. The molecule has 0 atom stereocenters. The summed E-state index contributed by atoms with van der Waals surface area (Å²) >= 11 is 0. The van der Waals surface area contributed by atoms with Crippen molar-refractivity contribution in [3.63, 3.8) is 0 Å². The highest BCUT2D eigenvalue weighted by atomic mass is 16.3. The maximum absolute atomic E-state index is 4.91. The Morgan fingerprint density at radius 3 is 3.22 bits per heavy atom. The van der Waals surface area contributed by atoms with E-state index in [0.29, 0.717) is 0 Å².